The van der Waals surface area contributed by atoms with Gasteiger partial charge in [-0.25, -0.2) is 0 Å². The number of halogens is 2. The maximum Gasteiger partial charge on any atom is 0.264 e. The van der Waals surface area contributed by atoms with Crippen molar-refractivity contribution >= 4 is 44.3 Å². The second-order valence-corrected chi connectivity index (χ2v) is 9.44. The molecule has 0 amide bonds. The van der Waals surface area contributed by atoms with Crippen LogP contribution in [-0.4, -0.2) is 18.7 Å². The lowest BCUT2D eigenvalue weighted by Gasteiger charge is -2.25. The third-order valence-corrected chi connectivity index (χ3v) is 6.90. The van der Waals surface area contributed by atoms with Crippen molar-refractivity contribution in [1.29, 1.82) is 0 Å². The third-order valence-electron chi connectivity index (χ3n) is 4.34. The Balaban J connectivity index is 0.000000191. The molecule has 0 fully saturated rings. The first-order valence-electron chi connectivity index (χ1n) is 8.88. The highest BCUT2D eigenvalue weighted by molar-refractivity contribution is 14.1. The molecule has 6 heteroatoms. The zero-order valence-electron chi connectivity index (χ0n) is 14.8. The summed E-state index contributed by atoms with van der Waals surface area (Å²) in [5.41, 5.74) is 5.31. The summed E-state index contributed by atoms with van der Waals surface area (Å²) in [5.74, 6) is -0.0842. The average Bonchev–Trinajstić information content (AvgIpc) is 2.57. The normalized spacial score (nSPS) is 11.7. The third kappa shape index (κ3) is 5.94. The number of benzene rings is 2. The predicted molar refractivity (Wildman–Crippen MR) is 118 cm³/mol. The predicted octanol–water partition coefficient (Wildman–Crippen LogP) is 6.83. The Bertz CT molecular complexity index is 850. The highest BCUT2D eigenvalue weighted by Gasteiger charge is 2.24. The van der Waals surface area contributed by atoms with E-state index < -0.39 is 10.1 Å². The molecule has 2 aromatic rings. The molecule has 2 aromatic carbocycles. The Labute approximate surface area is 175 Å². The van der Waals surface area contributed by atoms with Crippen LogP contribution < -0.4 is 0 Å². The summed E-state index contributed by atoms with van der Waals surface area (Å²) >= 11 is 8.39. The summed E-state index contributed by atoms with van der Waals surface area (Å²) in [6.45, 7) is 2.14. The molecule has 0 saturated heterocycles. The van der Waals surface area contributed by atoms with Gasteiger partial charge in [-0.15, -0.1) is 0 Å². The minimum Gasteiger partial charge on any atom is -0.286 e. The summed E-state index contributed by atoms with van der Waals surface area (Å²) < 4.78 is 30.1. The van der Waals surface area contributed by atoms with Gasteiger partial charge in [0.15, 0.2) is 0 Å². The van der Waals surface area contributed by atoms with E-state index in [9.17, 15) is 8.42 Å². The number of fused-ring (bicyclic) bond motifs is 4. The molecule has 0 heterocycles. The molecule has 3 nitrogen and oxygen atoms in total. The SMILES string of the molecule is CCCCCCCCS(=O)(=O)O.Clc1ccc2c(c1I)-c1ccccc1-2. The van der Waals surface area contributed by atoms with Crippen molar-refractivity contribution in [2.75, 3.05) is 5.75 Å². The standard InChI is InChI=1S/C12H6ClI.C8H18O3S/c13-10-6-5-9-7-3-1-2-4-8(7)11(9)12(10)14;1-2-3-4-5-6-7-8-12(9,10)11/h1-6H;2-8H2,1H3,(H,9,10,11). The Morgan fingerprint density at radius 2 is 1.54 bits per heavy atom. The van der Waals surface area contributed by atoms with E-state index in [0.29, 0.717) is 6.42 Å². The Morgan fingerprint density at radius 3 is 2.19 bits per heavy atom. The van der Waals surface area contributed by atoms with E-state index in [1.165, 1.54) is 45.1 Å². The number of hydrogen-bond donors (Lipinski definition) is 1. The van der Waals surface area contributed by atoms with Gasteiger partial charge in [0.2, 0.25) is 0 Å². The maximum atomic E-state index is 10.3. The quantitative estimate of drug-likeness (QED) is 0.217. The van der Waals surface area contributed by atoms with Crippen molar-refractivity contribution in [3.8, 4) is 22.3 Å². The molecular formula is C20H24ClIO3S. The fourth-order valence-corrected chi connectivity index (χ4v) is 4.46. The van der Waals surface area contributed by atoms with Crippen molar-refractivity contribution in [1.82, 2.24) is 0 Å². The van der Waals surface area contributed by atoms with Crippen molar-refractivity contribution in [3.63, 3.8) is 0 Å². The zero-order valence-corrected chi connectivity index (χ0v) is 18.6. The van der Waals surface area contributed by atoms with E-state index >= 15 is 0 Å². The van der Waals surface area contributed by atoms with E-state index in [-0.39, 0.29) is 5.75 Å². The van der Waals surface area contributed by atoms with Gasteiger partial charge in [-0.2, -0.15) is 8.42 Å². The van der Waals surface area contributed by atoms with Crippen LogP contribution in [0.25, 0.3) is 22.3 Å². The molecule has 0 aliphatic heterocycles. The van der Waals surface area contributed by atoms with E-state index in [1.54, 1.807) is 0 Å². The van der Waals surface area contributed by atoms with Crippen LogP contribution in [0.1, 0.15) is 45.4 Å². The van der Waals surface area contributed by atoms with E-state index in [1.807, 2.05) is 6.07 Å². The van der Waals surface area contributed by atoms with Crippen molar-refractivity contribution in [2.24, 2.45) is 0 Å². The van der Waals surface area contributed by atoms with Crippen molar-refractivity contribution < 1.29 is 13.0 Å². The zero-order chi connectivity index (χ0) is 19.2. The Hall–Kier alpha value is -0.630. The van der Waals surface area contributed by atoms with E-state index in [0.717, 1.165) is 17.9 Å². The molecule has 0 bridgehead atoms. The molecular weight excluding hydrogens is 483 g/mol. The molecule has 0 atom stereocenters. The van der Waals surface area contributed by atoms with Gasteiger partial charge in [-0.1, -0.05) is 81.0 Å². The minimum atomic E-state index is -3.72. The fourth-order valence-electron chi connectivity index (χ4n) is 2.98. The molecule has 0 spiro atoms. The van der Waals surface area contributed by atoms with Crippen LogP contribution in [0.5, 0.6) is 0 Å². The van der Waals surface area contributed by atoms with Gasteiger partial charge >= 0.3 is 0 Å². The monoisotopic (exact) mass is 506 g/mol. The molecule has 0 aromatic heterocycles. The first-order valence-corrected chi connectivity index (χ1v) is 11.9. The van der Waals surface area contributed by atoms with Crippen LogP contribution in [-0.2, 0) is 10.1 Å². The Kier molecular flexibility index (Phi) is 8.39. The van der Waals surface area contributed by atoms with Crippen LogP contribution in [0.15, 0.2) is 36.4 Å². The molecule has 1 aliphatic carbocycles. The second kappa shape index (κ2) is 10.1. The summed E-state index contributed by atoms with van der Waals surface area (Å²) in [6.07, 6.45) is 6.14. The number of unbranched alkanes of at least 4 members (excludes halogenated alkanes) is 5. The largest absolute Gasteiger partial charge is 0.286 e. The van der Waals surface area contributed by atoms with Gasteiger partial charge in [0, 0.05) is 9.13 Å². The fraction of sp³-hybridized carbons (Fsp3) is 0.400. The second-order valence-electron chi connectivity index (χ2n) is 6.38. The van der Waals surface area contributed by atoms with E-state index in [4.69, 9.17) is 16.2 Å². The molecule has 142 valence electrons. The number of rotatable bonds is 7. The Morgan fingerprint density at radius 1 is 0.923 bits per heavy atom. The molecule has 3 rings (SSSR count). The van der Waals surface area contributed by atoms with Gasteiger partial charge in [0.25, 0.3) is 10.1 Å². The molecule has 0 saturated carbocycles. The first-order chi connectivity index (χ1) is 12.3. The topological polar surface area (TPSA) is 54.4 Å². The van der Waals surface area contributed by atoms with Crippen LogP contribution in [0.4, 0.5) is 0 Å². The summed E-state index contributed by atoms with van der Waals surface area (Å²) in [7, 11) is -3.72. The number of hydrogen-bond acceptors (Lipinski definition) is 2. The highest BCUT2D eigenvalue weighted by atomic mass is 127. The van der Waals surface area contributed by atoms with Crippen LogP contribution >= 0.6 is 34.2 Å². The van der Waals surface area contributed by atoms with Crippen LogP contribution in [0.2, 0.25) is 5.02 Å². The summed E-state index contributed by atoms with van der Waals surface area (Å²) in [4.78, 5) is 0. The van der Waals surface area contributed by atoms with Crippen LogP contribution in [0.3, 0.4) is 0 Å². The molecule has 1 N–H and O–H groups in total. The van der Waals surface area contributed by atoms with E-state index in [2.05, 4.69) is 59.8 Å². The summed E-state index contributed by atoms with van der Waals surface area (Å²) in [5, 5.41) is 0.846. The molecule has 0 radical (unpaired) electrons. The molecule has 0 unspecified atom stereocenters. The maximum absolute atomic E-state index is 10.3. The lowest BCUT2D eigenvalue weighted by atomic mass is 9.81. The van der Waals surface area contributed by atoms with Crippen molar-refractivity contribution in [3.05, 3.63) is 45.0 Å². The van der Waals surface area contributed by atoms with Crippen molar-refractivity contribution in [2.45, 2.75) is 45.4 Å². The van der Waals surface area contributed by atoms with Gasteiger partial charge < -0.3 is 0 Å². The lowest BCUT2D eigenvalue weighted by Crippen LogP contribution is -2.03. The van der Waals surface area contributed by atoms with Gasteiger partial charge in [-0.05, 0) is 51.8 Å². The average molecular weight is 507 g/mol. The first kappa shape index (κ1) is 21.7. The lowest BCUT2D eigenvalue weighted by molar-refractivity contribution is 0.478. The summed E-state index contributed by atoms with van der Waals surface area (Å²) in [6, 6.07) is 12.5. The molecule has 1 aliphatic rings. The minimum absolute atomic E-state index is 0.0842. The smallest absolute Gasteiger partial charge is 0.264 e. The molecule has 26 heavy (non-hydrogen) atoms. The van der Waals surface area contributed by atoms with Gasteiger partial charge in [0.1, 0.15) is 0 Å². The van der Waals surface area contributed by atoms with Gasteiger partial charge in [-0.3, -0.25) is 4.55 Å². The van der Waals surface area contributed by atoms with Crippen LogP contribution in [0, 0.1) is 3.57 Å². The highest BCUT2D eigenvalue weighted by Crippen LogP contribution is 2.50. The van der Waals surface area contributed by atoms with Gasteiger partial charge in [0.05, 0.1) is 10.8 Å².